The number of rotatable bonds is 6. The summed E-state index contributed by atoms with van der Waals surface area (Å²) >= 11 is 1.78. The van der Waals surface area contributed by atoms with Crippen LogP contribution in [-0.4, -0.2) is 75.0 Å². The summed E-state index contributed by atoms with van der Waals surface area (Å²) in [4.78, 5) is 22.6. The molecule has 1 aliphatic heterocycles. The third-order valence-corrected chi connectivity index (χ3v) is 5.00. The van der Waals surface area contributed by atoms with Gasteiger partial charge < -0.3 is 20.0 Å². The van der Waals surface area contributed by atoms with Crippen molar-refractivity contribution in [1.29, 1.82) is 0 Å². The van der Waals surface area contributed by atoms with Crippen LogP contribution in [0.2, 0.25) is 0 Å². The second kappa shape index (κ2) is 11.6. The smallest absolute Gasteiger partial charge is 0.243 e. The van der Waals surface area contributed by atoms with Crippen molar-refractivity contribution in [2.45, 2.75) is 19.8 Å². The van der Waals surface area contributed by atoms with Gasteiger partial charge in [-0.25, -0.2) is 4.99 Å². The second-order valence-corrected chi connectivity index (χ2v) is 7.06. The molecule has 1 saturated heterocycles. The molecule has 0 unspecified atom stereocenters. The van der Waals surface area contributed by atoms with Gasteiger partial charge in [-0.15, -0.1) is 35.3 Å². The summed E-state index contributed by atoms with van der Waals surface area (Å²) in [6.45, 7) is 7.09. The Hall–Kier alpha value is -1.03. The number of hydrogen-bond acceptors (Lipinski definition) is 4. The summed E-state index contributed by atoms with van der Waals surface area (Å²) in [7, 11) is 3.53. The number of thiophene rings is 1. The van der Waals surface area contributed by atoms with Gasteiger partial charge in [0.1, 0.15) is 6.54 Å². The largest absolute Gasteiger partial charge is 0.360 e. The number of hydrogen-bond donors (Lipinski definition) is 1. The lowest BCUT2D eigenvalue weighted by Crippen LogP contribution is -2.52. The standard InChI is InChI=1S/C17H29N5OS.HI/c1-4-5-8-18-17(19-14-15(23)20(2)3)22-11-9-21(10-12-22)16-7-6-13-24-16;/h6-7,13H,4-5,8-12,14H2,1-3H3,(H,18,19);1H. The van der Waals surface area contributed by atoms with E-state index in [9.17, 15) is 4.79 Å². The molecule has 0 aromatic carbocycles. The third-order valence-electron chi connectivity index (χ3n) is 4.07. The average molecular weight is 479 g/mol. The molecule has 6 nitrogen and oxygen atoms in total. The molecule has 1 aromatic rings. The Morgan fingerprint density at radius 1 is 1.32 bits per heavy atom. The number of amides is 1. The van der Waals surface area contributed by atoms with Crippen LogP contribution >= 0.6 is 35.3 Å². The maximum atomic E-state index is 11.8. The van der Waals surface area contributed by atoms with E-state index in [0.29, 0.717) is 0 Å². The first kappa shape index (κ1) is 22.0. The van der Waals surface area contributed by atoms with Crippen LogP contribution in [0.5, 0.6) is 0 Å². The molecular weight excluding hydrogens is 449 g/mol. The van der Waals surface area contributed by atoms with E-state index in [2.05, 4.69) is 44.5 Å². The molecule has 0 aliphatic carbocycles. The summed E-state index contributed by atoms with van der Waals surface area (Å²) in [6, 6.07) is 4.27. The summed E-state index contributed by atoms with van der Waals surface area (Å²) in [5.41, 5.74) is 0. The molecule has 1 N–H and O–H groups in total. The number of halogens is 1. The summed E-state index contributed by atoms with van der Waals surface area (Å²) in [5, 5.41) is 6.87. The summed E-state index contributed by atoms with van der Waals surface area (Å²) < 4.78 is 0. The number of anilines is 1. The fourth-order valence-corrected chi connectivity index (χ4v) is 3.30. The number of guanidine groups is 1. The Balaban J connectivity index is 0.00000312. The van der Waals surface area contributed by atoms with E-state index in [-0.39, 0.29) is 36.4 Å². The minimum atomic E-state index is 0. The van der Waals surface area contributed by atoms with Crippen molar-refractivity contribution >= 4 is 52.2 Å². The minimum absolute atomic E-state index is 0. The molecule has 0 bridgehead atoms. The van der Waals surface area contributed by atoms with Crippen molar-refractivity contribution in [3.63, 3.8) is 0 Å². The molecule has 2 heterocycles. The van der Waals surface area contributed by atoms with Crippen molar-refractivity contribution in [3.05, 3.63) is 17.5 Å². The van der Waals surface area contributed by atoms with Crippen LogP contribution in [-0.2, 0) is 4.79 Å². The SMILES string of the molecule is CCCCNC(=NCC(=O)N(C)C)N1CCN(c2cccs2)CC1.I. The fourth-order valence-electron chi connectivity index (χ4n) is 2.52. The van der Waals surface area contributed by atoms with E-state index in [1.54, 1.807) is 30.3 Å². The molecule has 0 atom stereocenters. The number of aliphatic imine (C=N–C) groups is 1. The molecule has 1 aliphatic rings. The monoisotopic (exact) mass is 479 g/mol. The van der Waals surface area contributed by atoms with Crippen LogP contribution in [0.4, 0.5) is 5.00 Å². The highest BCUT2D eigenvalue weighted by molar-refractivity contribution is 14.0. The number of nitrogens with one attached hydrogen (secondary N) is 1. The number of carbonyl (C=O) groups is 1. The lowest BCUT2D eigenvalue weighted by Gasteiger charge is -2.37. The molecule has 1 aromatic heterocycles. The van der Waals surface area contributed by atoms with Crippen LogP contribution in [0.15, 0.2) is 22.5 Å². The average Bonchev–Trinajstić information content (AvgIpc) is 3.12. The van der Waals surface area contributed by atoms with Crippen molar-refractivity contribution in [1.82, 2.24) is 15.1 Å². The van der Waals surface area contributed by atoms with E-state index in [1.807, 2.05) is 0 Å². The van der Waals surface area contributed by atoms with E-state index < -0.39 is 0 Å². The number of carbonyl (C=O) groups excluding carboxylic acids is 1. The second-order valence-electron chi connectivity index (χ2n) is 6.13. The number of unbranched alkanes of at least 4 members (excludes halogenated alkanes) is 1. The third kappa shape index (κ3) is 7.01. The Morgan fingerprint density at radius 2 is 2.04 bits per heavy atom. The Bertz CT molecular complexity index is 527. The van der Waals surface area contributed by atoms with Gasteiger partial charge in [0.2, 0.25) is 5.91 Å². The van der Waals surface area contributed by atoms with Crippen molar-refractivity contribution in [3.8, 4) is 0 Å². The van der Waals surface area contributed by atoms with E-state index >= 15 is 0 Å². The molecule has 0 saturated carbocycles. The number of piperazine rings is 1. The molecule has 1 fully saturated rings. The van der Waals surface area contributed by atoms with Crippen LogP contribution in [0.1, 0.15) is 19.8 Å². The molecule has 8 heteroatoms. The molecule has 0 spiro atoms. The zero-order valence-electron chi connectivity index (χ0n) is 15.4. The van der Waals surface area contributed by atoms with Crippen molar-refractivity contribution in [2.24, 2.45) is 4.99 Å². The van der Waals surface area contributed by atoms with Gasteiger partial charge in [0.25, 0.3) is 0 Å². The lowest BCUT2D eigenvalue weighted by molar-refractivity contribution is -0.127. The predicted molar refractivity (Wildman–Crippen MR) is 117 cm³/mol. The molecule has 142 valence electrons. The maximum absolute atomic E-state index is 11.8. The topological polar surface area (TPSA) is 51.2 Å². The van der Waals surface area contributed by atoms with E-state index in [4.69, 9.17) is 0 Å². The summed E-state index contributed by atoms with van der Waals surface area (Å²) in [5.74, 6) is 0.895. The fraction of sp³-hybridized carbons (Fsp3) is 0.647. The summed E-state index contributed by atoms with van der Waals surface area (Å²) in [6.07, 6.45) is 2.25. The Kier molecular flexibility index (Phi) is 10.2. The van der Waals surface area contributed by atoms with Gasteiger partial charge in [-0.05, 0) is 23.9 Å². The van der Waals surface area contributed by atoms with Gasteiger partial charge in [0.15, 0.2) is 5.96 Å². The zero-order chi connectivity index (χ0) is 17.4. The first-order chi connectivity index (χ1) is 11.6. The number of likely N-dealkylation sites (N-methyl/N-ethyl adjacent to an activating group) is 1. The Morgan fingerprint density at radius 3 is 2.60 bits per heavy atom. The first-order valence-electron chi connectivity index (χ1n) is 8.63. The van der Waals surface area contributed by atoms with Crippen LogP contribution in [0, 0.1) is 0 Å². The highest BCUT2D eigenvalue weighted by Gasteiger charge is 2.20. The molecule has 0 radical (unpaired) electrons. The quantitative estimate of drug-likeness (QED) is 0.295. The van der Waals surface area contributed by atoms with Crippen molar-refractivity contribution in [2.75, 3.05) is 58.3 Å². The zero-order valence-corrected chi connectivity index (χ0v) is 18.5. The van der Waals surface area contributed by atoms with Gasteiger partial charge in [-0.2, -0.15) is 0 Å². The van der Waals surface area contributed by atoms with Crippen LogP contribution in [0.25, 0.3) is 0 Å². The molecular formula is C17H30IN5OS. The normalized spacial score (nSPS) is 14.9. The number of nitrogens with zero attached hydrogens (tertiary/aromatic N) is 4. The molecule has 2 rings (SSSR count). The van der Waals surface area contributed by atoms with Crippen LogP contribution in [0.3, 0.4) is 0 Å². The highest BCUT2D eigenvalue weighted by Crippen LogP contribution is 2.22. The lowest BCUT2D eigenvalue weighted by atomic mass is 10.3. The van der Waals surface area contributed by atoms with Crippen LogP contribution < -0.4 is 10.2 Å². The first-order valence-corrected chi connectivity index (χ1v) is 9.51. The van der Waals surface area contributed by atoms with Gasteiger partial charge >= 0.3 is 0 Å². The van der Waals surface area contributed by atoms with Gasteiger partial charge in [0.05, 0.1) is 5.00 Å². The van der Waals surface area contributed by atoms with E-state index in [0.717, 1.165) is 51.5 Å². The van der Waals surface area contributed by atoms with Gasteiger partial charge in [-0.1, -0.05) is 13.3 Å². The maximum Gasteiger partial charge on any atom is 0.243 e. The van der Waals surface area contributed by atoms with Gasteiger partial charge in [0, 0.05) is 46.8 Å². The highest BCUT2D eigenvalue weighted by atomic mass is 127. The predicted octanol–water partition coefficient (Wildman–Crippen LogP) is 2.32. The minimum Gasteiger partial charge on any atom is -0.360 e. The Labute approximate surface area is 172 Å². The van der Waals surface area contributed by atoms with Gasteiger partial charge in [-0.3, -0.25) is 4.79 Å². The van der Waals surface area contributed by atoms with Crippen molar-refractivity contribution < 1.29 is 4.79 Å². The molecule has 1 amide bonds. The van der Waals surface area contributed by atoms with E-state index in [1.165, 1.54) is 5.00 Å². The molecule has 25 heavy (non-hydrogen) atoms.